The van der Waals surface area contributed by atoms with E-state index in [2.05, 4.69) is 10.6 Å². The molecule has 0 aromatic heterocycles. The number of carbonyl (C=O) groups is 3. The molecule has 0 aliphatic carbocycles. The van der Waals surface area contributed by atoms with E-state index in [1.807, 2.05) is 44.2 Å². The number of para-hydroxylation sites is 1. The zero-order valence-corrected chi connectivity index (χ0v) is 19.0. The molecule has 2 N–H and O–H groups in total. The van der Waals surface area contributed by atoms with Crippen LogP contribution in [-0.4, -0.2) is 37.0 Å². The quantitative estimate of drug-likeness (QED) is 0.464. The van der Waals surface area contributed by atoms with Crippen LogP contribution in [0.2, 0.25) is 5.02 Å². The summed E-state index contributed by atoms with van der Waals surface area (Å²) in [6.45, 7) is 4.16. The minimum atomic E-state index is -0.829. The number of nitrogens with one attached hydrogen (secondary N) is 2. The Hall–Kier alpha value is -3.06. The first kappa shape index (κ1) is 25.2. The molecule has 0 radical (unpaired) electrons. The van der Waals surface area contributed by atoms with Crippen LogP contribution < -0.4 is 15.4 Å². The summed E-state index contributed by atoms with van der Waals surface area (Å²) in [5, 5.41) is 5.73. The summed E-state index contributed by atoms with van der Waals surface area (Å²) in [4.78, 5) is 36.4. The third-order valence-corrected chi connectivity index (χ3v) is 4.86. The molecule has 2 rings (SSSR count). The molecule has 0 aliphatic rings. The maximum Gasteiger partial charge on any atom is 0.408 e. The van der Waals surface area contributed by atoms with E-state index in [0.717, 1.165) is 5.56 Å². The monoisotopic (exact) mass is 460 g/mol. The van der Waals surface area contributed by atoms with Crippen molar-refractivity contribution in [3.63, 3.8) is 0 Å². The van der Waals surface area contributed by atoms with E-state index in [1.165, 1.54) is 0 Å². The molecule has 0 saturated carbocycles. The van der Waals surface area contributed by atoms with Crippen LogP contribution in [0.4, 0.5) is 4.79 Å². The van der Waals surface area contributed by atoms with Gasteiger partial charge in [0.15, 0.2) is 0 Å². The van der Waals surface area contributed by atoms with Gasteiger partial charge in [-0.1, -0.05) is 67.9 Å². The number of alkyl carbamates (subject to hydrolysis) is 1. The van der Waals surface area contributed by atoms with Crippen molar-refractivity contribution >= 4 is 29.9 Å². The average molecular weight is 461 g/mol. The molecule has 0 saturated heterocycles. The average Bonchev–Trinajstić information content (AvgIpc) is 2.78. The van der Waals surface area contributed by atoms with E-state index in [0.29, 0.717) is 23.5 Å². The Kier molecular flexibility index (Phi) is 10.5. The Balaban J connectivity index is 1.86. The van der Waals surface area contributed by atoms with E-state index in [-0.39, 0.29) is 25.6 Å². The molecule has 0 fully saturated rings. The van der Waals surface area contributed by atoms with Crippen LogP contribution in [0.15, 0.2) is 54.6 Å². The molecule has 0 heterocycles. The van der Waals surface area contributed by atoms with E-state index >= 15 is 0 Å². The van der Waals surface area contributed by atoms with Gasteiger partial charge in [0.25, 0.3) is 0 Å². The van der Waals surface area contributed by atoms with Crippen molar-refractivity contribution in [1.29, 1.82) is 0 Å². The fourth-order valence-corrected chi connectivity index (χ4v) is 3.12. The Labute approximate surface area is 193 Å². The number of aldehydes is 1. The molecule has 1 unspecified atom stereocenters. The molecule has 7 nitrogen and oxygen atoms in total. The second-order valence-corrected chi connectivity index (χ2v) is 8.11. The van der Waals surface area contributed by atoms with Gasteiger partial charge in [0.05, 0.1) is 17.7 Å². The summed E-state index contributed by atoms with van der Waals surface area (Å²) in [6, 6.07) is 14.7. The van der Waals surface area contributed by atoms with Gasteiger partial charge < -0.3 is 24.9 Å². The van der Waals surface area contributed by atoms with E-state index in [9.17, 15) is 14.4 Å². The van der Waals surface area contributed by atoms with Crippen molar-refractivity contribution in [2.75, 3.05) is 6.61 Å². The standard InChI is InChI=1S/C24H29ClN2O5/c1-17(2)14-21(27-24(30)32-16-18-8-4-3-5-9-18)23(29)26-19(15-28)12-13-31-22-11-7-6-10-20(22)25/h3-11,15,17,19,21H,12-14,16H2,1-2H3,(H,26,29)(H,27,30)/t19?,21-/m0/s1. The van der Waals surface area contributed by atoms with E-state index in [1.54, 1.807) is 24.3 Å². The van der Waals surface area contributed by atoms with Gasteiger partial charge in [-0.2, -0.15) is 0 Å². The van der Waals surface area contributed by atoms with Gasteiger partial charge in [-0.15, -0.1) is 0 Å². The van der Waals surface area contributed by atoms with Gasteiger partial charge in [-0.05, 0) is 30.0 Å². The summed E-state index contributed by atoms with van der Waals surface area (Å²) < 4.78 is 10.8. The highest BCUT2D eigenvalue weighted by molar-refractivity contribution is 6.32. The first-order valence-electron chi connectivity index (χ1n) is 10.5. The number of halogens is 1. The summed E-state index contributed by atoms with van der Waals surface area (Å²) in [6.07, 6.45) is 0.606. The second kappa shape index (κ2) is 13.4. The fourth-order valence-electron chi connectivity index (χ4n) is 2.93. The summed E-state index contributed by atoms with van der Waals surface area (Å²) >= 11 is 6.04. The normalized spacial score (nSPS) is 12.5. The van der Waals surface area contributed by atoms with Gasteiger partial charge in [0.1, 0.15) is 24.7 Å². The van der Waals surface area contributed by atoms with Gasteiger partial charge in [-0.25, -0.2) is 4.79 Å². The van der Waals surface area contributed by atoms with Crippen molar-refractivity contribution in [3.8, 4) is 5.75 Å². The van der Waals surface area contributed by atoms with Crippen LogP contribution in [0, 0.1) is 5.92 Å². The lowest BCUT2D eigenvalue weighted by molar-refractivity contribution is -0.126. The molecule has 2 atom stereocenters. The third kappa shape index (κ3) is 8.98. The second-order valence-electron chi connectivity index (χ2n) is 7.71. The number of benzene rings is 2. The van der Waals surface area contributed by atoms with Crippen LogP contribution in [0.5, 0.6) is 5.75 Å². The van der Waals surface area contributed by atoms with Crippen molar-refractivity contribution < 1.29 is 23.9 Å². The van der Waals surface area contributed by atoms with Crippen LogP contribution in [-0.2, 0) is 20.9 Å². The highest BCUT2D eigenvalue weighted by Gasteiger charge is 2.25. The lowest BCUT2D eigenvalue weighted by Gasteiger charge is -2.22. The highest BCUT2D eigenvalue weighted by atomic mass is 35.5. The fraction of sp³-hybridized carbons (Fsp3) is 0.375. The van der Waals surface area contributed by atoms with Gasteiger partial charge in [0.2, 0.25) is 5.91 Å². The Morgan fingerprint density at radius 1 is 1.03 bits per heavy atom. The molecule has 0 bridgehead atoms. The zero-order valence-electron chi connectivity index (χ0n) is 18.3. The maximum absolute atomic E-state index is 12.7. The van der Waals surface area contributed by atoms with Gasteiger partial charge in [-0.3, -0.25) is 4.79 Å². The van der Waals surface area contributed by atoms with E-state index in [4.69, 9.17) is 21.1 Å². The molecule has 172 valence electrons. The molecule has 2 aromatic rings. The van der Waals surface area contributed by atoms with E-state index < -0.39 is 24.1 Å². The van der Waals surface area contributed by atoms with Gasteiger partial charge in [0, 0.05) is 6.42 Å². The van der Waals surface area contributed by atoms with Crippen molar-refractivity contribution in [2.24, 2.45) is 5.92 Å². The third-order valence-electron chi connectivity index (χ3n) is 4.54. The SMILES string of the molecule is CC(C)C[C@H](NC(=O)OCc1ccccc1)C(=O)NC(C=O)CCOc1ccccc1Cl. The number of ether oxygens (including phenoxy) is 2. The van der Waals surface area contributed by atoms with Crippen LogP contribution in [0.25, 0.3) is 0 Å². The number of hydrogen-bond donors (Lipinski definition) is 2. The number of rotatable bonds is 12. The predicted octanol–water partition coefficient (Wildman–Crippen LogP) is 4.13. The molecular formula is C24H29ClN2O5. The van der Waals surface area contributed by atoms with Gasteiger partial charge >= 0.3 is 6.09 Å². The molecule has 8 heteroatoms. The smallest absolute Gasteiger partial charge is 0.408 e. The lowest BCUT2D eigenvalue weighted by atomic mass is 10.0. The Morgan fingerprint density at radius 3 is 2.38 bits per heavy atom. The largest absolute Gasteiger partial charge is 0.492 e. The highest BCUT2D eigenvalue weighted by Crippen LogP contribution is 2.23. The summed E-state index contributed by atoms with van der Waals surface area (Å²) in [5.74, 6) is 0.189. The number of amides is 2. The zero-order chi connectivity index (χ0) is 23.3. The Morgan fingerprint density at radius 2 is 1.72 bits per heavy atom. The van der Waals surface area contributed by atoms with Crippen molar-refractivity contribution in [3.05, 3.63) is 65.2 Å². The lowest BCUT2D eigenvalue weighted by Crippen LogP contribution is -2.50. The van der Waals surface area contributed by atoms with Crippen LogP contribution in [0.1, 0.15) is 32.3 Å². The van der Waals surface area contributed by atoms with Crippen LogP contribution in [0.3, 0.4) is 0 Å². The Bertz CT molecular complexity index is 876. The number of carbonyl (C=O) groups excluding carboxylic acids is 3. The predicted molar refractivity (Wildman–Crippen MR) is 123 cm³/mol. The minimum absolute atomic E-state index is 0.0963. The van der Waals surface area contributed by atoms with Crippen LogP contribution >= 0.6 is 11.6 Å². The topological polar surface area (TPSA) is 93.7 Å². The molecular weight excluding hydrogens is 432 g/mol. The first-order chi connectivity index (χ1) is 15.4. The summed E-state index contributed by atoms with van der Waals surface area (Å²) in [5.41, 5.74) is 0.840. The summed E-state index contributed by atoms with van der Waals surface area (Å²) in [7, 11) is 0. The molecule has 0 spiro atoms. The molecule has 0 aliphatic heterocycles. The molecule has 2 aromatic carbocycles. The first-order valence-corrected chi connectivity index (χ1v) is 10.9. The number of hydrogen-bond acceptors (Lipinski definition) is 5. The van der Waals surface area contributed by atoms with Crippen molar-refractivity contribution in [1.82, 2.24) is 10.6 Å². The van der Waals surface area contributed by atoms with Crippen molar-refractivity contribution in [2.45, 2.75) is 45.4 Å². The maximum atomic E-state index is 12.7. The minimum Gasteiger partial charge on any atom is -0.492 e. The molecule has 2 amide bonds. The molecule has 32 heavy (non-hydrogen) atoms.